The average Bonchev–Trinajstić information content (AvgIpc) is 2.63. The van der Waals surface area contributed by atoms with Crippen LogP contribution in [0, 0.1) is 5.82 Å². The molecule has 1 aromatic heterocycles. The second-order valence-electron chi connectivity index (χ2n) is 3.87. The first-order valence-corrected chi connectivity index (χ1v) is 5.55. The zero-order valence-electron chi connectivity index (χ0n) is 9.27. The number of rotatable bonds is 3. The van der Waals surface area contributed by atoms with Crippen LogP contribution in [0.1, 0.15) is 17.4 Å². The minimum atomic E-state index is -0.915. The van der Waals surface area contributed by atoms with Gasteiger partial charge >= 0.3 is 0 Å². The minimum absolute atomic E-state index is 0.236. The molecular formula is C12H12ClFN2O. The van der Waals surface area contributed by atoms with Gasteiger partial charge in [0.1, 0.15) is 5.82 Å². The van der Waals surface area contributed by atoms with E-state index in [4.69, 9.17) is 11.6 Å². The Kier molecular flexibility index (Phi) is 3.45. The van der Waals surface area contributed by atoms with Crippen molar-refractivity contribution in [3.8, 4) is 0 Å². The molecule has 0 saturated carbocycles. The van der Waals surface area contributed by atoms with Crippen molar-refractivity contribution >= 4 is 11.6 Å². The number of hydrogen-bond acceptors (Lipinski definition) is 2. The second kappa shape index (κ2) is 4.85. The van der Waals surface area contributed by atoms with Crippen molar-refractivity contribution in [2.24, 2.45) is 7.05 Å². The number of nitrogens with zero attached hydrogens (tertiary/aromatic N) is 2. The maximum atomic E-state index is 13.5. The number of halogens is 2. The lowest BCUT2D eigenvalue weighted by molar-refractivity contribution is 0.172. The van der Waals surface area contributed by atoms with E-state index in [1.807, 2.05) is 0 Å². The molecule has 0 radical (unpaired) electrons. The van der Waals surface area contributed by atoms with Gasteiger partial charge in [0.2, 0.25) is 0 Å². The van der Waals surface area contributed by atoms with Crippen LogP contribution < -0.4 is 0 Å². The van der Waals surface area contributed by atoms with Gasteiger partial charge in [-0.15, -0.1) is 0 Å². The largest absolute Gasteiger partial charge is 0.388 e. The molecule has 0 amide bonds. The Balaban J connectivity index is 2.17. The molecule has 0 spiro atoms. The number of aryl methyl sites for hydroxylation is 1. The highest BCUT2D eigenvalue weighted by Crippen LogP contribution is 2.23. The molecule has 0 saturated heterocycles. The third-order valence-corrected chi connectivity index (χ3v) is 2.73. The van der Waals surface area contributed by atoms with Gasteiger partial charge in [0.15, 0.2) is 0 Å². The van der Waals surface area contributed by atoms with E-state index in [-0.39, 0.29) is 12.0 Å². The van der Waals surface area contributed by atoms with Gasteiger partial charge in [-0.3, -0.25) is 4.68 Å². The molecule has 5 heteroatoms. The Morgan fingerprint density at radius 1 is 1.47 bits per heavy atom. The van der Waals surface area contributed by atoms with Gasteiger partial charge in [-0.2, -0.15) is 5.10 Å². The number of aromatic nitrogens is 2. The van der Waals surface area contributed by atoms with Crippen LogP contribution in [0.2, 0.25) is 5.02 Å². The Morgan fingerprint density at radius 3 is 2.82 bits per heavy atom. The SMILES string of the molecule is Cn1ccc(CC(O)c2ccc(Cl)cc2F)n1. The lowest BCUT2D eigenvalue weighted by atomic mass is 10.0. The summed E-state index contributed by atoms with van der Waals surface area (Å²) in [5.74, 6) is -0.499. The van der Waals surface area contributed by atoms with E-state index in [1.165, 1.54) is 12.1 Å². The topological polar surface area (TPSA) is 38.0 Å². The highest BCUT2D eigenvalue weighted by atomic mass is 35.5. The van der Waals surface area contributed by atoms with Crippen molar-refractivity contribution in [3.05, 3.63) is 52.6 Å². The molecule has 3 nitrogen and oxygen atoms in total. The van der Waals surface area contributed by atoms with Crippen molar-refractivity contribution in [2.45, 2.75) is 12.5 Å². The molecule has 1 atom stereocenters. The molecule has 0 bridgehead atoms. The third-order valence-electron chi connectivity index (χ3n) is 2.49. The van der Waals surface area contributed by atoms with Crippen molar-refractivity contribution in [3.63, 3.8) is 0 Å². The molecule has 1 aromatic carbocycles. The van der Waals surface area contributed by atoms with Crippen LogP contribution in [0.4, 0.5) is 4.39 Å². The fraction of sp³-hybridized carbons (Fsp3) is 0.250. The summed E-state index contributed by atoms with van der Waals surface area (Å²) in [7, 11) is 1.79. The van der Waals surface area contributed by atoms with E-state index in [9.17, 15) is 9.50 Å². The van der Waals surface area contributed by atoms with Crippen LogP contribution in [-0.2, 0) is 13.5 Å². The number of benzene rings is 1. The van der Waals surface area contributed by atoms with Crippen molar-refractivity contribution in [1.82, 2.24) is 9.78 Å². The number of aliphatic hydroxyl groups excluding tert-OH is 1. The molecule has 17 heavy (non-hydrogen) atoms. The van der Waals surface area contributed by atoms with Crippen LogP contribution in [-0.4, -0.2) is 14.9 Å². The molecule has 0 aliphatic rings. The maximum absolute atomic E-state index is 13.5. The molecule has 1 unspecified atom stereocenters. The van der Waals surface area contributed by atoms with E-state index >= 15 is 0 Å². The fourth-order valence-electron chi connectivity index (χ4n) is 1.65. The Hall–Kier alpha value is -1.39. The Bertz CT molecular complexity index is 527. The molecule has 1 heterocycles. The lowest BCUT2D eigenvalue weighted by Crippen LogP contribution is -2.05. The monoisotopic (exact) mass is 254 g/mol. The summed E-state index contributed by atoms with van der Waals surface area (Å²) in [6.45, 7) is 0. The summed E-state index contributed by atoms with van der Waals surface area (Å²) in [5, 5.41) is 14.4. The highest BCUT2D eigenvalue weighted by molar-refractivity contribution is 6.30. The first kappa shape index (κ1) is 12.1. The average molecular weight is 255 g/mol. The first-order valence-electron chi connectivity index (χ1n) is 5.18. The zero-order chi connectivity index (χ0) is 12.4. The van der Waals surface area contributed by atoms with Gasteiger partial charge in [0, 0.05) is 30.3 Å². The van der Waals surface area contributed by atoms with E-state index in [0.29, 0.717) is 10.7 Å². The van der Waals surface area contributed by atoms with Crippen LogP contribution in [0.3, 0.4) is 0 Å². The molecule has 90 valence electrons. The Morgan fingerprint density at radius 2 is 2.24 bits per heavy atom. The van der Waals surface area contributed by atoms with Crippen molar-refractivity contribution in [2.75, 3.05) is 0 Å². The Labute approximate surface area is 103 Å². The molecule has 0 aliphatic carbocycles. The molecule has 0 aliphatic heterocycles. The van der Waals surface area contributed by atoms with Gasteiger partial charge in [-0.1, -0.05) is 17.7 Å². The van der Waals surface area contributed by atoms with Gasteiger partial charge in [-0.25, -0.2) is 4.39 Å². The number of hydrogen-bond donors (Lipinski definition) is 1. The molecular weight excluding hydrogens is 243 g/mol. The standard InChI is InChI=1S/C12H12ClFN2O/c1-16-5-4-9(15-16)7-12(17)10-3-2-8(13)6-11(10)14/h2-6,12,17H,7H2,1H3. The van der Waals surface area contributed by atoms with Crippen LogP contribution in [0.5, 0.6) is 0 Å². The highest BCUT2D eigenvalue weighted by Gasteiger charge is 2.14. The van der Waals surface area contributed by atoms with Gasteiger partial charge in [-0.05, 0) is 18.2 Å². The van der Waals surface area contributed by atoms with Gasteiger partial charge in [0.05, 0.1) is 11.8 Å². The van der Waals surface area contributed by atoms with Gasteiger partial charge < -0.3 is 5.11 Å². The zero-order valence-corrected chi connectivity index (χ0v) is 10.0. The smallest absolute Gasteiger partial charge is 0.130 e. The van der Waals surface area contributed by atoms with Gasteiger partial charge in [0.25, 0.3) is 0 Å². The fourth-order valence-corrected chi connectivity index (χ4v) is 1.81. The van der Waals surface area contributed by atoms with Crippen molar-refractivity contribution < 1.29 is 9.50 Å². The normalized spacial score (nSPS) is 12.7. The summed E-state index contributed by atoms with van der Waals surface area (Å²) in [4.78, 5) is 0. The molecule has 0 fully saturated rings. The van der Waals surface area contributed by atoms with Crippen LogP contribution >= 0.6 is 11.6 Å². The predicted octanol–water partition coefficient (Wildman–Crippen LogP) is 2.49. The molecule has 1 N–H and O–H groups in total. The lowest BCUT2D eigenvalue weighted by Gasteiger charge is -2.10. The van der Waals surface area contributed by atoms with Crippen LogP contribution in [0.25, 0.3) is 0 Å². The summed E-state index contributed by atoms with van der Waals surface area (Å²) in [6.07, 6.45) is 1.14. The van der Waals surface area contributed by atoms with E-state index in [0.717, 1.165) is 0 Å². The summed E-state index contributed by atoms with van der Waals surface area (Å²) < 4.78 is 15.2. The second-order valence-corrected chi connectivity index (χ2v) is 4.30. The van der Waals surface area contributed by atoms with E-state index < -0.39 is 11.9 Å². The summed E-state index contributed by atoms with van der Waals surface area (Å²) in [6, 6.07) is 6.03. The number of aliphatic hydroxyl groups is 1. The third kappa shape index (κ3) is 2.84. The molecule has 2 rings (SSSR count). The predicted molar refractivity (Wildman–Crippen MR) is 63.3 cm³/mol. The van der Waals surface area contributed by atoms with E-state index in [1.54, 1.807) is 30.1 Å². The van der Waals surface area contributed by atoms with Crippen LogP contribution in [0.15, 0.2) is 30.5 Å². The van der Waals surface area contributed by atoms with E-state index in [2.05, 4.69) is 5.10 Å². The quantitative estimate of drug-likeness (QED) is 0.914. The maximum Gasteiger partial charge on any atom is 0.130 e. The minimum Gasteiger partial charge on any atom is -0.388 e. The van der Waals surface area contributed by atoms with Crippen molar-refractivity contribution in [1.29, 1.82) is 0 Å². The first-order chi connectivity index (χ1) is 8.06. The summed E-state index contributed by atoms with van der Waals surface area (Å²) in [5.41, 5.74) is 0.953. The summed E-state index contributed by atoms with van der Waals surface area (Å²) >= 11 is 5.65. The molecule has 2 aromatic rings.